The maximum Gasteiger partial charge on any atom is 0.193 e. The first-order chi connectivity index (χ1) is 13.0. The van der Waals surface area contributed by atoms with E-state index in [-0.39, 0.29) is 0 Å². The van der Waals surface area contributed by atoms with Crippen molar-refractivity contribution in [3.8, 4) is 11.5 Å². The van der Waals surface area contributed by atoms with Gasteiger partial charge in [0.2, 0.25) is 0 Å². The average Bonchev–Trinajstić information content (AvgIpc) is 3.28. The summed E-state index contributed by atoms with van der Waals surface area (Å²) in [6, 6.07) is 8.19. The third-order valence-electron chi connectivity index (χ3n) is 5.13. The van der Waals surface area contributed by atoms with Gasteiger partial charge >= 0.3 is 0 Å². The molecule has 1 atom stereocenters. The lowest BCUT2D eigenvalue weighted by atomic mass is 9.98. The lowest BCUT2D eigenvalue weighted by Gasteiger charge is -2.22. The largest absolute Gasteiger partial charge is 0.497 e. The van der Waals surface area contributed by atoms with E-state index in [2.05, 4.69) is 33.4 Å². The van der Waals surface area contributed by atoms with Gasteiger partial charge in [-0.1, -0.05) is 0 Å². The smallest absolute Gasteiger partial charge is 0.193 e. The zero-order valence-electron chi connectivity index (χ0n) is 16.8. The first-order valence-electron chi connectivity index (χ1n) is 9.28. The molecule has 1 saturated heterocycles. The fraction of sp³-hybridized carbons (Fsp3) is 0.476. The fourth-order valence-corrected chi connectivity index (χ4v) is 3.66. The Morgan fingerprint density at radius 3 is 2.44 bits per heavy atom. The Labute approximate surface area is 161 Å². The molecular weight excluding hydrogens is 342 g/mol. The maximum atomic E-state index is 5.61. The minimum atomic E-state index is 0.422. The molecule has 0 spiro atoms. The number of guanidine groups is 1. The van der Waals surface area contributed by atoms with Crippen LogP contribution in [0.3, 0.4) is 0 Å². The summed E-state index contributed by atoms with van der Waals surface area (Å²) in [6.45, 7) is 6.56. The highest BCUT2D eigenvalue weighted by Crippen LogP contribution is 2.32. The van der Waals surface area contributed by atoms with Crippen LogP contribution in [0.2, 0.25) is 0 Å². The number of rotatable bonds is 5. The molecule has 6 nitrogen and oxygen atoms in total. The lowest BCUT2D eigenvalue weighted by Crippen LogP contribution is -2.39. The summed E-state index contributed by atoms with van der Waals surface area (Å²) in [4.78, 5) is 6.77. The molecule has 1 aliphatic rings. The molecule has 1 N–H and O–H groups in total. The summed E-state index contributed by atoms with van der Waals surface area (Å²) in [5.41, 5.74) is 2.41. The van der Waals surface area contributed by atoms with E-state index in [4.69, 9.17) is 13.9 Å². The van der Waals surface area contributed by atoms with Gasteiger partial charge in [0.25, 0.3) is 0 Å². The van der Waals surface area contributed by atoms with Crippen LogP contribution in [0.1, 0.15) is 35.0 Å². The molecule has 146 valence electrons. The summed E-state index contributed by atoms with van der Waals surface area (Å²) in [7, 11) is 5.20. The summed E-state index contributed by atoms with van der Waals surface area (Å²) in [6.07, 6.45) is 1.07. The Kier molecular flexibility index (Phi) is 5.94. The van der Waals surface area contributed by atoms with E-state index in [9.17, 15) is 0 Å². The van der Waals surface area contributed by atoms with Crippen LogP contribution in [-0.2, 0) is 6.54 Å². The van der Waals surface area contributed by atoms with Gasteiger partial charge in [-0.3, -0.25) is 4.99 Å². The van der Waals surface area contributed by atoms with Crippen LogP contribution in [0.4, 0.5) is 0 Å². The van der Waals surface area contributed by atoms with Gasteiger partial charge in [0.05, 0.1) is 14.2 Å². The van der Waals surface area contributed by atoms with Crippen LogP contribution >= 0.6 is 0 Å². The molecule has 0 aliphatic carbocycles. The highest BCUT2D eigenvalue weighted by molar-refractivity contribution is 5.80. The minimum absolute atomic E-state index is 0.422. The topological polar surface area (TPSA) is 59.2 Å². The highest BCUT2D eigenvalue weighted by atomic mass is 16.5. The molecule has 2 aromatic rings. The molecule has 27 heavy (non-hydrogen) atoms. The van der Waals surface area contributed by atoms with Crippen molar-refractivity contribution in [3.05, 3.63) is 46.9 Å². The number of benzene rings is 1. The van der Waals surface area contributed by atoms with Crippen molar-refractivity contribution in [2.75, 3.05) is 34.4 Å². The Morgan fingerprint density at radius 1 is 1.19 bits per heavy atom. The molecular formula is C21H29N3O3. The number of aliphatic imine (C=N–C) groups is 1. The third-order valence-corrected chi connectivity index (χ3v) is 5.13. The van der Waals surface area contributed by atoms with E-state index in [0.717, 1.165) is 48.5 Å². The number of hydrogen-bond donors (Lipinski definition) is 1. The molecule has 0 saturated carbocycles. The van der Waals surface area contributed by atoms with Crippen LogP contribution in [0, 0.1) is 13.8 Å². The maximum absolute atomic E-state index is 5.61. The predicted molar refractivity (Wildman–Crippen MR) is 107 cm³/mol. The predicted octanol–water partition coefficient (Wildman–Crippen LogP) is 3.48. The van der Waals surface area contributed by atoms with Crippen LogP contribution < -0.4 is 14.8 Å². The number of furan rings is 1. The second kappa shape index (κ2) is 8.37. The van der Waals surface area contributed by atoms with Gasteiger partial charge in [0.15, 0.2) is 5.96 Å². The van der Waals surface area contributed by atoms with E-state index < -0.39 is 0 Å². The van der Waals surface area contributed by atoms with E-state index in [1.54, 1.807) is 14.2 Å². The Balaban J connectivity index is 1.66. The first-order valence-corrected chi connectivity index (χ1v) is 9.28. The average molecular weight is 371 g/mol. The molecule has 0 radical (unpaired) electrons. The highest BCUT2D eigenvalue weighted by Gasteiger charge is 2.27. The van der Waals surface area contributed by atoms with Crippen molar-refractivity contribution >= 4 is 5.96 Å². The molecule has 6 heteroatoms. The van der Waals surface area contributed by atoms with Crippen molar-refractivity contribution in [3.63, 3.8) is 0 Å². The monoisotopic (exact) mass is 371 g/mol. The van der Waals surface area contributed by atoms with Gasteiger partial charge < -0.3 is 24.1 Å². The normalized spacial score (nSPS) is 17.3. The van der Waals surface area contributed by atoms with Gasteiger partial charge in [-0.15, -0.1) is 0 Å². The Morgan fingerprint density at radius 2 is 1.89 bits per heavy atom. The second-order valence-corrected chi connectivity index (χ2v) is 6.92. The SMILES string of the molecule is CN=C(NCc1cc(C)oc1C)N1CCC(c2cc(OC)cc(OC)c2)C1. The fourth-order valence-electron chi connectivity index (χ4n) is 3.66. The minimum Gasteiger partial charge on any atom is -0.497 e. The van der Waals surface area contributed by atoms with Gasteiger partial charge in [0.1, 0.15) is 23.0 Å². The van der Waals surface area contributed by atoms with Crippen LogP contribution in [-0.4, -0.2) is 45.2 Å². The Bertz CT molecular complexity index is 791. The van der Waals surface area contributed by atoms with Crippen molar-refractivity contribution in [1.29, 1.82) is 0 Å². The Hall–Kier alpha value is -2.63. The first kappa shape index (κ1) is 19.1. The molecule has 1 fully saturated rings. The summed E-state index contributed by atoms with van der Waals surface area (Å²) < 4.78 is 16.4. The van der Waals surface area contributed by atoms with Gasteiger partial charge in [-0.05, 0) is 44.0 Å². The molecule has 1 unspecified atom stereocenters. The van der Waals surface area contributed by atoms with E-state index in [0.29, 0.717) is 12.5 Å². The standard InChI is InChI=1S/C21H29N3O3/c1-14-8-18(15(2)27-14)12-23-21(22-3)24-7-6-16(13-24)17-9-19(25-4)11-20(10-17)26-5/h8-11,16H,6-7,12-13H2,1-5H3,(H,22,23). The van der Waals surface area contributed by atoms with Gasteiger partial charge in [-0.2, -0.15) is 0 Å². The molecule has 0 bridgehead atoms. The molecule has 1 aromatic carbocycles. The number of hydrogen-bond acceptors (Lipinski definition) is 4. The number of aryl methyl sites for hydroxylation is 2. The third kappa shape index (κ3) is 4.38. The molecule has 1 aromatic heterocycles. The van der Waals surface area contributed by atoms with Crippen LogP contribution in [0.15, 0.2) is 33.7 Å². The molecule has 1 aliphatic heterocycles. The zero-order chi connectivity index (χ0) is 19.4. The molecule has 3 rings (SSSR count). The van der Waals surface area contributed by atoms with Crippen molar-refractivity contribution in [2.45, 2.75) is 32.7 Å². The van der Waals surface area contributed by atoms with E-state index in [1.165, 1.54) is 11.1 Å². The number of nitrogens with one attached hydrogen (secondary N) is 1. The molecule has 2 heterocycles. The number of methoxy groups -OCH3 is 2. The summed E-state index contributed by atoms with van der Waals surface area (Å²) >= 11 is 0. The number of likely N-dealkylation sites (tertiary alicyclic amines) is 1. The van der Waals surface area contributed by atoms with Crippen molar-refractivity contribution in [1.82, 2.24) is 10.2 Å². The lowest BCUT2D eigenvalue weighted by molar-refractivity contribution is 0.392. The van der Waals surface area contributed by atoms with Crippen LogP contribution in [0.25, 0.3) is 0 Å². The van der Waals surface area contributed by atoms with E-state index in [1.807, 2.05) is 27.0 Å². The van der Waals surface area contributed by atoms with Crippen molar-refractivity contribution < 1.29 is 13.9 Å². The quantitative estimate of drug-likeness (QED) is 0.644. The molecule has 0 amide bonds. The zero-order valence-corrected chi connectivity index (χ0v) is 16.8. The van der Waals surface area contributed by atoms with Gasteiger partial charge in [-0.25, -0.2) is 0 Å². The van der Waals surface area contributed by atoms with Crippen molar-refractivity contribution in [2.24, 2.45) is 4.99 Å². The summed E-state index contributed by atoms with van der Waals surface area (Å²) in [5, 5.41) is 3.47. The van der Waals surface area contributed by atoms with E-state index >= 15 is 0 Å². The van der Waals surface area contributed by atoms with Gasteiger partial charge in [0, 0.05) is 44.2 Å². The van der Waals surface area contributed by atoms with Crippen LogP contribution in [0.5, 0.6) is 11.5 Å². The second-order valence-electron chi connectivity index (χ2n) is 6.92. The summed E-state index contributed by atoms with van der Waals surface area (Å²) in [5.74, 6) is 4.90. The number of nitrogens with zero attached hydrogens (tertiary/aromatic N) is 2. The number of ether oxygens (including phenoxy) is 2.